The van der Waals surface area contributed by atoms with Crippen LogP contribution >= 0.6 is 27.7 Å². The van der Waals surface area contributed by atoms with Crippen molar-refractivity contribution in [3.05, 3.63) is 34.3 Å². The molecule has 0 unspecified atom stereocenters. The Bertz CT molecular complexity index is 323. The fraction of sp³-hybridized carbons (Fsp3) is 0.538. The molecule has 0 aromatic heterocycles. The molecule has 1 aromatic rings. The van der Waals surface area contributed by atoms with Gasteiger partial charge in [-0.05, 0) is 42.5 Å². The maximum absolute atomic E-state index is 9.62. The first-order valence-electron chi connectivity index (χ1n) is 5.65. The summed E-state index contributed by atoms with van der Waals surface area (Å²) in [4.78, 5) is 0. The van der Waals surface area contributed by atoms with Crippen molar-refractivity contribution >= 4 is 27.7 Å². The molecule has 0 fully saturated rings. The molecule has 0 saturated carbocycles. The zero-order chi connectivity index (χ0) is 12.7. The van der Waals surface area contributed by atoms with E-state index in [1.807, 2.05) is 24.3 Å². The van der Waals surface area contributed by atoms with E-state index in [-0.39, 0.29) is 13.2 Å². The van der Waals surface area contributed by atoms with Gasteiger partial charge in [0.25, 0.3) is 0 Å². The molecule has 0 aliphatic carbocycles. The van der Waals surface area contributed by atoms with Crippen molar-refractivity contribution in [3.8, 4) is 0 Å². The highest BCUT2D eigenvalue weighted by atomic mass is 79.9. The van der Waals surface area contributed by atoms with Gasteiger partial charge in [-0.1, -0.05) is 28.1 Å². The van der Waals surface area contributed by atoms with Gasteiger partial charge in [-0.15, -0.1) is 0 Å². The van der Waals surface area contributed by atoms with Gasteiger partial charge in [0.15, 0.2) is 0 Å². The normalized spacial score (nSPS) is 11.8. The molecule has 0 saturated heterocycles. The van der Waals surface area contributed by atoms with Crippen LogP contribution in [0.3, 0.4) is 0 Å². The maximum Gasteiger partial charge on any atom is 0.0550 e. The van der Waals surface area contributed by atoms with Crippen molar-refractivity contribution in [1.29, 1.82) is 0 Å². The molecule has 0 heterocycles. The van der Waals surface area contributed by atoms with Crippen LogP contribution in [0, 0.1) is 0 Å². The van der Waals surface area contributed by atoms with Gasteiger partial charge in [0.1, 0.15) is 0 Å². The van der Waals surface area contributed by atoms with Crippen LogP contribution in [0.1, 0.15) is 18.4 Å². The molecule has 4 heteroatoms. The Morgan fingerprint density at radius 1 is 1.18 bits per heavy atom. The Morgan fingerprint density at radius 2 is 1.76 bits per heavy atom. The van der Waals surface area contributed by atoms with E-state index in [2.05, 4.69) is 22.2 Å². The Balaban J connectivity index is 2.85. The second-order valence-corrected chi connectivity index (χ2v) is 6.10. The zero-order valence-electron chi connectivity index (χ0n) is 10.0. The number of halogens is 1. The Hall–Kier alpha value is -0.0300. The standard InChI is InChI=1S/C13H19BrO2S/c1-17-8-2-7-13(9-15,10-16)11-3-5-12(14)6-4-11/h3-6,15-16H,2,7-10H2,1H3. The molecule has 1 aromatic carbocycles. The lowest BCUT2D eigenvalue weighted by molar-refractivity contribution is 0.109. The summed E-state index contributed by atoms with van der Waals surface area (Å²) in [5, 5.41) is 19.2. The predicted octanol–water partition coefficient (Wildman–Crippen LogP) is 2.81. The van der Waals surface area contributed by atoms with Crippen LogP contribution in [0.15, 0.2) is 28.7 Å². The van der Waals surface area contributed by atoms with Crippen molar-refractivity contribution in [2.45, 2.75) is 18.3 Å². The van der Waals surface area contributed by atoms with Crippen LogP contribution in [0.4, 0.5) is 0 Å². The highest BCUT2D eigenvalue weighted by Crippen LogP contribution is 2.30. The van der Waals surface area contributed by atoms with E-state index >= 15 is 0 Å². The highest BCUT2D eigenvalue weighted by Gasteiger charge is 2.30. The van der Waals surface area contributed by atoms with Crippen LogP contribution < -0.4 is 0 Å². The third-order valence-corrected chi connectivity index (χ3v) is 4.29. The molecule has 0 atom stereocenters. The maximum atomic E-state index is 9.62. The fourth-order valence-corrected chi connectivity index (χ4v) is 2.59. The number of rotatable bonds is 7. The molecule has 1 rings (SSSR count). The van der Waals surface area contributed by atoms with E-state index in [1.54, 1.807) is 11.8 Å². The highest BCUT2D eigenvalue weighted by molar-refractivity contribution is 9.10. The average Bonchev–Trinajstić information content (AvgIpc) is 2.37. The molecule has 0 bridgehead atoms. The SMILES string of the molecule is CSCCCC(CO)(CO)c1ccc(Br)cc1. The van der Waals surface area contributed by atoms with Crippen LogP contribution in [-0.2, 0) is 5.41 Å². The molecular weight excluding hydrogens is 300 g/mol. The molecule has 0 aliphatic rings. The van der Waals surface area contributed by atoms with Gasteiger partial charge in [-0.2, -0.15) is 11.8 Å². The second kappa shape index (κ2) is 7.41. The summed E-state index contributed by atoms with van der Waals surface area (Å²) in [6.45, 7) is -0.0287. The minimum absolute atomic E-state index is 0.0144. The number of thioether (sulfide) groups is 1. The predicted molar refractivity (Wildman–Crippen MR) is 77.6 cm³/mol. The van der Waals surface area contributed by atoms with Gasteiger partial charge in [0, 0.05) is 9.89 Å². The van der Waals surface area contributed by atoms with E-state index in [1.165, 1.54) is 0 Å². The van der Waals surface area contributed by atoms with Crippen LogP contribution in [-0.4, -0.2) is 35.4 Å². The van der Waals surface area contributed by atoms with Gasteiger partial charge in [0.05, 0.1) is 13.2 Å². The average molecular weight is 319 g/mol. The second-order valence-electron chi connectivity index (χ2n) is 4.20. The number of hydrogen-bond acceptors (Lipinski definition) is 3. The molecule has 0 aliphatic heterocycles. The van der Waals surface area contributed by atoms with E-state index in [4.69, 9.17) is 0 Å². The first-order valence-corrected chi connectivity index (χ1v) is 7.84. The van der Waals surface area contributed by atoms with Gasteiger partial charge in [-0.25, -0.2) is 0 Å². The van der Waals surface area contributed by atoms with Crippen molar-refractivity contribution in [2.75, 3.05) is 25.2 Å². The van der Waals surface area contributed by atoms with Crippen molar-refractivity contribution in [2.24, 2.45) is 0 Å². The van der Waals surface area contributed by atoms with Crippen molar-refractivity contribution < 1.29 is 10.2 Å². The minimum atomic E-state index is -0.504. The van der Waals surface area contributed by atoms with Gasteiger partial charge < -0.3 is 10.2 Å². The van der Waals surface area contributed by atoms with Crippen molar-refractivity contribution in [1.82, 2.24) is 0 Å². The van der Waals surface area contributed by atoms with Gasteiger partial charge >= 0.3 is 0 Å². The monoisotopic (exact) mass is 318 g/mol. The van der Waals surface area contributed by atoms with Crippen LogP contribution in [0.5, 0.6) is 0 Å². The molecule has 0 radical (unpaired) electrons. The largest absolute Gasteiger partial charge is 0.395 e. The van der Waals surface area contributed by atoms with Crippen LogP contribution in [0.25, 0.3) is 0 Å². The van der Waals surface area contributed by atoms with Gasteiger partial charge in [0.2, 0.25) is 0 Å². The minimum Gasteiger partial charge on any atom is -0.395 e. The molecule has 0 spiro atoms. The Kier molecular flexibility index (Phi) is 6.55. The quantitative estimate of drug-likeness (QED) is 0.759. The Labute approximate surface area is 116 Å². The number of benzene rings is 1. The summed E-state index contributed by atoms with van der Waals surface area (Å²) in [5.41, 5.74) is 0.503. The van der Waals surface area contributed by atoms with E-state index in [9.17, 15) is 10.2 Å². The smallest absolute Gasteiger partial charge is 0.0550 e. The lowest BCUT2D eigenvalue weighted by atomic mass is 9.78. The first kappa shape index (κ1) is 15.0. The lowest BCUT2D eigenvalue weighted by Gasteiger charge is -2.30. The van der Waals surface area contributed by atoms with Gasteiger partial charge in [-0.3, -0.25) is 0 Å². The molecular formula is C13H19BrO2S. The zero-order valence-corrected chi connectivity index (χ0v) is 12.4. The van der Waals surface area contributed by atoms with Crippen molar-refractivity contribution in [3.63, 3.8) is 0 Å². The van der Waals surface area contributed by atoms with Crippen LogP contribution in [0.2, 0.25) is 0 Å². The number of aliphatic hydroxyl groups is 2. The third kappa shape index (κ3) is 3.98. The summed E-state index contributed by atoms with van der Waals surface area (Å²) in [6, 6.07) is 7.83. The number of aliphatic hydroxyl groups excluding tert-OH is 2. The Morgan fingerprint density at radius 3 is 2.24 bits per heavy atom. The van der Waals surface area contributed by atoms with E-state index < -0.39 is 5.41 Å². The molecule has 17 heavy (non-hydrogen) atoms. The molecule has 2 nitrogen and oxygen atoms in total. The number of hydrogen-bond donors (Lipinski definition) is 2. The third-order valence-electron chi connectivity index (χ3n) is 3.07. The summed E-state index contributed by atoms with van der Waals surface area (Å²) in [5.74, 6) is 1.05. The molecule has 2 N–H and O–H groups in total. The topological polar surface area (TPSA) is 40.5 Å². The first-order chi connectivity index (χ1) is 8.18. The fourth-order valence-electron chi connectivity index (χ4n) is 1.89. The lowest BCUT2D eigenvalue weighted by Crippen LogP contribution is -2.35. The molecule has 0 amide bonds. The van der Waals surface area contributed by atoms with E-state index in [0.29, 0.717) is 0 Å². The summed E-state index contributed by atoms with van der Waals surface area (Å²) >= 11 is 5.18. The van der Waals surface area contributed by atoms with E-state index in [0.717, 1.165) is 28.6 Å². The summed E-state index contributed by atoms with van der Waals surface area (Å²) in [6.07, 6.45) is 3.88. The summed E-state index contributed by atoms with van der Waals surface area (Å²) < 4.78 is 1.01. The summed E-state index contributed by atoms with van der Waals surface area (Å²) in [7, 11) is 0. The molecule has 96 valence electrons.